The molecule has 0 fully saturated rings. The molecule has 0 amide bonds. The van der Waals surface area contributed by atoms with Gasteiger partial charge in [-0.25, -0.2) is 0 Å². The highest BCUT2D eigenvalue weighted by atomic mass is 19.1. The molecule has 2 rings (SSSR count). The monoisotopic (exact) mass is 227 g/mol. The molecule has 1 aliphatic rings. The third-order valence-electron chi connectivity index (χ3n) is 2.47. The summed E-state index contributed by atoms with van der Waals surface area (Å²) >= 11 is 0. The summed E-state index contributed by atoms with van der Waals surface area (Å²) in [7, 11) is 1.80. The molecule has 4 nitrogen and oxygen atoms in total. The quantitative estimate of drug-likeness (QED) is 0.810. The third kappa shape index (κ3) is 1.90. The first-order valence-electron chi connectivity index (χ1n) is 5.18. The maximum atomic E-state index is 13.7. The zero-order chi connectivity index (χ0) is 11.5. The molecule has 16 heavy (non-hydrogen) atoms. The lowest BCUT2D eigenvalue weighted by atomic mass is 10.1. The number of phenolic OH excluding ortho intramolecular Hbond substituents is 1. The average Bonchev–Trinajstić information content (AvgIpc) is 2.32. The molecule has 0 bridgehead atoms. The first kappa shape index (κ1) is 11.0. The van der Waals surface area contributed by atoms with E-state index in [9.17, 15) is 9.50 Å². The maximum Gasteiger partial charge on any atom is 0.210 e. The van der Waals surface area contributed by atoms with E-state index in [1.807, 2.05) is 0 Å². The minimum Gasteiger partial charge on any atom is -0.505 e. The Morgan fingerprint density at radius 3 is 2.94 bits per heavy atom. The molecule has 0 aromatic heterocycles. The number of phenols is 1. The van der Waals surface area contributed by atoms with Gasteiger partial charge >= 0.3 is 0 Å². The van der Waals surface area contributed by atoms with E-state index in [1.165, 1.54) is 0 Å². The van der Waals surface area contributed by atoms with Gasteiger partial charge in [0.25, 0.3) is 0 Å². The molecule has 88 valence electrons. The highest BCUT2D eigenvalue weighted by Crippen LogP contribution is 2.40. The molecule has 5 heteroatoms. The van der Waals surface area contributed by atoms with Crippen LogP contribution < -0.4 is 14.8 Å². The Morgan fingerprint density at radius 1 is 1.44 bits per heavy atom. The first-order chi connectivity index (χ1) is 7.74. The van der Waals surface area contributed by atoms with Gasteiger partial charge in [0.1, 0.15) is 13.2 Å². The number of hydrogen-bond donors (Lipinski definition) is 2. The lowest BCUT2D eigenvalue weighted by molar-refractivity contribution is 0.162. The van der Waals surface area contributed by atoms with Crippen molar-refractivity contribution in [1.29, 1.82) is 0 Å². The number of hydrogen-bond acceptors (Lipinski definition) is 4. The van der Waals surface area contributed by atoms with E-state index >= 15 is 0 Å². The Kier molecular flexibility index (Phi) is 3.14. The number of halogens is 1. The van der Waals surface area contributed by atoms with Crippen LogP contribution in [0.4, 0.5) is 4.39 Å². The summed E-state index contributed by atoms with van der Waals surface area (Å²) in [6, 6.07) is 1.63. The van der Waals surface area contributed by atoms with Gasteiger partial charge in [0.2, 0.25) is 11.6 Å². The summed E-state index contributed by atoms with van der Waals surface area (Å²) in [5.74, 6) is -0.701. The highest BCUT2D eigenvalue weighted by molar-refractivity contribution is 5.52. The Bertz CT molecular complexity index is 395. The molecule has 0 saturated carbocycles. The number of ether oxygens (including phenoxy) is 2. The Morgan fingerprint density at radius 2 is 2.19 bits per heavy atom. The van der Waals surface area contributed by atoms with Crippen molar-refractivity contribution < 1.29 is 19.0 Å². The third-order valence-corrected chi connectivity index (χ3v) is 2.47. The molecular weight excluding hydrogens is 213 g/mol. The Labute approximate surface area is 93.0 Å². The molecule has 1 aromatic rings. The molecule has 0 radical (unpaired) electrons. The van der Waals surface area contributed by atoms with Gasteiger partial charge in [-0.05, 0) is 26.1 Å². The molecule has 2 N–H and O–H groups in total. The van der Waals surface area contributed by atoms with E-state index in [1.54, 1.807) is 13.1 Å². The van der Waals surface area contributed by atoms with Crippen LogP contribution in [0.3, 0.4) is 0 Å². The molecule has 1 heterocycles. The first-order valence-corrected chi connectivity index (χ1v) is 5.18. The lowest BCUT2D eigenvalue weighted by Gasteiger charge is -2.20. The Balaban J connectivity index is 2.36. The number of aromatic hydroxyl groups is 1. The minimum absolute atomic E-state index is 0.0111. The number of nitrogens with one attached hydrogen (secondary N) is 1. The van der Waals surface area contributed by atoms with Gasteiger partial charge in [-0.1, -0.05) is 0 Å². The minimum atomic E-state index is -0.733. The highest BCUT2D eigenvalue weighted by Gasteiger charge is 2.22. The molecule has 0 aliphatic carbocycles. The average molecular weight is 227 g/mol. The number of benzene rings is 1. The molecule has 0 atom stereocenters. The van der Waals surface area contributed by atoms with Crippen LogP contribution in [0.1, 0.15) is 5.56 Å². The van der Waals surface area contributed by atoms with Crippen molar-refractivity contribution in [3.05, 3.63) is 17.4 Å². The largest absolute Gasteiger partial charge is 0.505 e. The van der Waals surface area contributed by atoms with E-state index in [0.29, 0.717) is 37.5 Å². The van der Waals surface area contributed by atoms with Crippen LogP contribution >= 0.6 is 0 Å². The van der Waals surface area contributed by atoms with Gasteiger partial charge in [-0.3, -0.25) is 0 Å². The van der Waals surface area contributed by atoms with Crippen molar-refractivity contribution in [2.45, 2.75) is 6.42 Å². The van der Waals surface area contributed by atoms with E-state index in [-0.39, 0.29) is 11.5 Å². The van der Waals surface area contributed by atoms with Gasteiger partial charge in [-0.15, -0.1) is 0 Å². The molecule has 0 spiro atoms. The number of likely N-dealkylation sites (N-methyl/N-ethyl adjacent to an activating group) is 1. The van der Waals surface area contributed by atoms with Gasteiger partial charge in [0.15, 0.2) is 11.5 Å². The van der Waals surface area contributed by atoms with Crippen LogP contribution in [0.5, 0.6) is 17.2 Å². The summed E-state index contributed by atoms with van der Waals surface area (Å²) in [6.45, 7) is 1.37. The van der Waals surface area contributed by atoms with Crippen molar-refractivity contribution in [2.24, 2.45) is 0 Å². The van der Waals surface area contributed by atoms with Crippen molar-refractivity contribution in [3.63, 3.8) is 0 Å². The summed E-state index contributed by atoms with van der Waals surface area (Å²) in [4.78, 5) is 0. The lowest BCUT2D eigenvalue weighted by Crippen LogP contribution is -2.17. The predicted octanol–water partition coefficient (Wildman–Crippen LogP) is 1.06. The summed E-state index contributed by atoms with van der Waals surface area (Å²) in [6.07, 6.45) is 0.538. The van der Waals surface area contributed by atoms with E-state index < -0.39 is 5.82 Å². The molecule has 0 unspecified atom stereocenters. The van der Waals surface area contributed by atoms with E-state index in [2.05, 4.69) is 5.32 Å². The summed E-state index contributed by atoms with van der Waals surface area (Å²) in [5.41, 5.74) is 0.524. The van der Waals surface area contributed by atoms with Crippen LogP contribution in [-0.2, 0) is 6.42 Å². The normalized spacial score (nSPS) is 13.9. The molecule has 1 aliphatic heterocycles. The standard InChI is InChI=1S/C11H14FNO3/c1-13-3-2-7-6-8-11(9(12)10(7)14)16-5-4-15-8/h6,13-14H,2-5H2,1H3. The van der Waals surface area contributed by atoms with Gasteiger partial charge in [0.05, 0.1) is 0 Å². The molecule has 0 saturated heterocycles. The van der Waals surface area contributed by atoms with Crippen LogP contribution in [-0.4, -0.2) is 31.9 Å². The smallest absolute Gasteiger partial charge is 0.210 e. The van der Waals surface area contributed by atoms with Gasteiger partial charge in [0, 0.05) is 5.56 Å². The van der Waals surface area contributed by atoms with Gasteiger partial charge in [-0.2, -0.15) is 4.39 Å². The number of rotatable bonds is 3. The van der Waals surface area contributed by atoms with Gasteiger partial charge < -0.3 is 19.9 Å². The fraction of sp³-hybridized carbons (Fsp3) is 0.455. The second-order valence-electron chi connectivity index (χ2n) is 3.58. The molecule has 1 aromatic carbocycles. The van der Waals surface area contributed by atoms with Crippen LogP contribution in [0, 0.1) is 5.82 Å². The van der Waals surface area contributed by atoms with Crippen LogP contribution in [0.15, 0.2) is 6.07 Å². The maximum absolute atomic E-state index is 13.7. The fourth-order valence-electron chi connectivity index (χ4n) is 1.64. The van der Waals surface area contributed by atoms with Crippen LogP contribution in [0.2, 0.25) is 0 Å². The van der Waals surface area contributed by atoms with Crippen molar-refractivity contribution in [1.82, 2.24) is 5.32 Å². The SMILES string of the molecule is CNCCc1cc2c(c(F)c1O)OCCO2. The second-order valence-corrected chi connectivity index (χ2v) is 3.58. The fourth-order valence-corrected chi connectivity index (χ4v) is 1.64. The predicted molar refractivity (Wildman–Crippen MR) is 56.7 cm³/mol. The van der Waals surface area contributed by atoms with E-state index in [4.69, 9.17) is 9.47 Å². The van der Waals surface area contributed by atoms with Crippen molar-refractivity contribution >= 4 is 0 Å². The van der Waals surface area contributed by atoms with Crippen molar-refractivity contribution in [3.8, 4) is 17.2 Å². The number of fused-ring (bicyclic) bond motifs is 1. The summed E-state index contributed by atoms with van der Waals surface area (Å²) < 4.78 is 24.1. The summed E-state index contributed by atoms with van der Waals surface area (Å²) in [5, 5.41) is 12.6. The van der Waals surface area contributed by atoms with Crippen molar-refractivity contribution in [2.75, 3.05) is 26.8 Å². The van der Waals surface area contributed by atoms with E-state index in [0.717, 1.165) is 0 Å². The zero-order valence-corrected chi connectivity index (χ0v) is 9.05. The zero-order valence-electron chi connectivity index (χ0n) is 9.05. The topological polar surface area (TPSA) is 50.7 Å². The second kappa shape index (κ2) is 4.57. The van der Waals surface area contributed by atoms with Crippen LogP contribution in [0.25, 0.3) is 0 Å². The molecular formula is C11H14FNO3. The Hall–Kier alpha value is -1.49.